The van der Waals surface area contributed by atoms with Gasteiger partial charge in [-0.15, -0.1) is 0 Å². The van der Waals surface area contributed by atoms with Gasteiger partial charge in [-0.2, -0.15) is 0 Å². The van der Waals surface area contributed by atoms with Gasteiger partial charge in [0.25, 0.3) is 0 Å². The van der Waals surface area contributed by atoms with Crippen molar-refractivity contribution in [3.05, 3.63) is 29.3 Å². The second kappa shape index (κ2) is 7.29. The summed E-state index contributed by atoms with van der Waals surface area (Å²) in [5.41, 5.74) is 2.15. The summed E-state index contributed by atoms with van der Waals surface area (Å²) in [5, 5.41) is 6.23. The number of amides is 1. The van der Waals surface area contributed by atoms with Gasteiger partial charge >= 0.3 is 0 Å². The number of benzene rings is 1. The lowest BCUT2D eigenvalue weighted by atomic mass is 10.1. The predicted octanol–water partition coefficient (Wildman–Crippen LogP) is 2.40. The van der Waals surface area contributed by atoms with E-state index in [-0.39, 0.29) is 11.4 Å². The van der Waals surface area contributed by atoms with E-state index in [1.807, 2.05) is 32.9 Å². The first-order valence-electron chi connectivity index (χ1n) is 6.97. The van der Waals surface area contributed by atoms with E-state index >= 15 is 0 Å². The minimum Gasteiger partial charge on any atom is -0.496 e. The molecule has 0 spiro atoms. The van der Waals surface area contributed by atoms with Crippen molar-refractivity contribution < 1.29 is 9.53 Å². The number of hydrogen-bond acceptors (Lipinski definition) is 3. The molecule has 20 heavy (non-hydrogen) atoms. The van der Waals surface area contributed by atoms with Crippen LogP contribution in [0.2, 0.25) is 0 Å². The molecule has 0 fully saturated rings. The van der Waals surface area contributed by atoms with Crippen LogP contribution in [0.1, 0.15) is 38.3 Å². The molecule has 1 rings (SSSR count). The largest absolute Gasteiger partial charge is 0.496 e. The first-order chi connectivity index (χ1) is 9.31. The summed E-state index contributed by atoms with van der Waals surface area (Å²) in [4.78, 5) is 11.7. The highest BCUT2D eigenvalue weighted by Gasteiger charge is 2.13. The van der Waals surface area contributed by atoms with E-state index in [0.717, 1.165) is 11.3 Å². The molecular weight excluding hydrogens is 252 g/mol. The van der Waals surface area contributed by atoms with E-state index in [9.17, 15) is 4.79 Å². The smallest absolute Gasteiger partial charge is 0.221 e. The van der Waals surface area contributed by atoms with E-state index in [0.29, 0.717) is 19.5 Å². The maximum Gasteiger partial charge on any atom is 0.221 e. The lowest BCUT2D eigenvalue weighted by Gasteiger charge is -2.20. The summed E-state index contributed by atoms with van der Waals surface area (Å²) in [5.74, 6) is 0.948. The Bertz CT molecular complexity index is 450. The first-order valence-corrected chi connectivity index (χ1v) is 6.97. The summed E-state index contributed by atoms with van der Waals surface area (Å²) in [7, 11) is 1.67. The zero-order valence-corrected chi connectivity index (χ0v) is 13.2. The van der Waals surface area contributed by atoms with Crippen molar-refractivity contribution in [1.82, 2.24) is 10.6 Å². The monoisotopic (exact) mass is 278 g/mol. The van der Waals surface area contributed by atoms with E-state index in [1.54, 1.807) is 7.11 Å². The van der Waals surface area contributed by atoms with Crippen LogP contribution in [-0.4, -0.2) is 25.1 Å². The van der Waals surface area contributed by atoms with Crippen LogP contribution in [0, 0.1) is 6.92 Å². The van der Waals surface area contributed by atoms with Crippen molar-refractivity contribution in [3.63, 3.8) is 0 Å². The topological polar surface area (TPSA) is 50.4 Å². The molecule has 112 valence electrons. The number of rotatable bonds is 6. The molecule has 0 aliphatic rings. The number of aryl methyl sites for hydroxylation is 1. The Morgan fingerprint density at radius 3 is 2.60 bits per heavy atom. The molecule has 0 aromatic heterocycles. The van der Waals surface area contributed by atoms with Gasteiger partial charge in [0.2, 0.25) is 5.91 Å². The Kier molecular flexibility index (Phi) is 6.02. The quantitative estimate of drug-likeness (QED) is 0.786. The molecule has 1 aromatic carbocycles. The minimum absolute atomic E-state index is 0.0706. The van der Waals surface area contributed by atoms with Gasteiger partial charge in [-0.05, 0) is 33.8 Å². The number of carbonyl (C=O) groups excluding carboxylic acids is 1. The fraction of sp³-hybridized carbons (Fsp3) is 0.562. The van der Waals surface area contributed by atoms with Gasteiger partial charge in [0.1, 0.15) is 5.75 Å². The maximum absolute atomic E-state index is 11.7. The minimum atomic E-state index is -0.170. The van der Waals surface area contributed by atoms with E-state index < -0.39 is 0 Å². The van der Waals surface area contributed by atoms with E-state index in [1.165, 1.54) is 5.56 Å². The Morgan fingerprint density at radius 1 is 1.30 bits per heavy atom. The number of methoxy groups -OCH3 is 1. The molecule has 2 N–H and O–H groups in total. The highest BCUT2D eigenvalue weighted by atomic mass is 16.5. The zero-order chi connectivity index (χ0) is 15.2. The van der Waals surface area contributed by atoms with Crippen molar-refractivity contribution in [2.45, 2.75) is 46.2 Å². The van der Waals surface area contributed by atoms with Crippen LogP contribution < -0.4 is 15.4 Å². The molecule has 1 aromatic rings. The second-order valence-electron chi connectivity index (χ2n) is 6.04. The van der Waals surface area contributed by atoms with E-state index in [4.69, 9.17) is 4.74 Å². The molecule has 0 heterocycles. The summed E-state index contributed by atoms with van der Waals surface area (Å²) >= 11 is 0. The zero-order valence-electron chi connectivity index (χ0n) is 13.2. The van der Waals surface area contributed by atoms with Crippen LogP contribution in [-0.2, 0) is 11.3 Å². The molecule has 0 bridgehead atoms. The summed E-state index contributed by atoms with van der Waals surface area (Å²) < 4.78 is 5.33. The molecule has 0 saturated carbocycles. The number of ether oxygens (including phenoxy) is 1. The van der Waals surface area contributed by atoms with Crippen molar-refractivity contribution in [2.75, 3.05) is 13.7 Å². The normalized spacial score (nSPS) is 11.2. The van der Waals surface area contributed by atoms with Crippen molar-refractivity contribution in [1.29, 1.82) is 0 Å². The Balaban J connectivity index is 2.38. The Hall–Kier alpha value is -1.55. The van der Waals surface area contributed by atoms with Crippen LogP contribution >= 0.6 is 0 Å². The molecule has 1 amide bonds. The highest BCUT2D eigenvalue weighted by Crippen LogP contribution is 2.19. The van der Waals surface area contributed by atoms with Crippen molar-refractivity contribution in [2.24, 2.45) is 0 Å². The molecule has 0 unspecified atom stereocenters. The molecule has 0 atom stereocenters. The molecule has 0 aliphatic heterocycles. The van der Waals surface area contributed by atoms with Crippen LogP contribution in [0.5, 0.6) is 5.75 Å². The highest BCUT2D eigenvalue weighted by molar-refractivity contribution is 5.76. The number of hydrogen-bond donors (Lipinski definition) is 2. The van der Waals surface area contributed by atoms with Crippen LogP contribution in [0.25, 0.3) is 0 Å². The molecule has 0 saturated heterocycles. The average molecular weight is 278 g/mol. The SMILES string of the molecule is COc1ccc(C)cc1CNCCC(=O)NC(C)(C)C. The van der Waals surface area contributed by atoms with Gasteiger partial charge < -0.3 is 15.4 Å². The molecule has 0 radical (unpaired) electrons. The molecule has 4 nitrogen and oxygen atoms in total. The fourth-order valence-corrected chi connectivity index (χ4v) is 1.95. The fourth-order valence-electron chi connectivity index (χ4n) is 1.95. The van der Waals surface area contributed by atoms with Gasteiger partial charge in [-0.1, -0.05) is 17.7 Å². The van der Waals surface area contributed by atoms with Gasteiger partial charge in [-0.3, -0.25) is 4.79 Å². The van der Waals surface area contributed by atoms with Gasteiger partial charge in [-0.25, -0.2) is 0 Å². The standard InChI is InChI=1S/C16H26N2O2/c1-12-6-7-14(20-5)13(10-12)11-17-9-8-15(19)18-16(2,3)4/h6-7,10,17H,8-9,11H2,1-5H3,(H,18,19). The third-order valence-electron chi connectivity index (χ3n) is 2.79. The van der Waals surface area contributed by atoms with Gasteiger partial charge in [0.05, 0.1) is 7.11 Å². The maximum atomic E-state index is 11.7. The van der Waals surface area contributed by atoms with Crippen molar-refractivity contribution in [3.8, 4) is 5.75 Å². The third kappa shape index (κ3) is 6.06. The Morgan fingerprint density at radius 2 is 2.00 bits per heavy atom. The van der Waals surface area contributed by atoms with Gasteiger partial charge in [0, 0.05) is 30.6 Å². The molecule has 0 aliphatic carbocycles. The lowest BCUT2D eigenvalue weighted by molar-refractivity contribution is -0.122. The first kappa shape index (κ1) is 16.5. The number of nitrogens with one attached hydrogen (secondary N) is 2. The average Bonchev–Trinajstić information content (AvgIpc) is 2.33. The lowest BCUT2D eigenvalue weighted by Crippen LogP contribution is -2.41. The summed E-state index contributed by atoms with van der Waals surface area (Å²) in [6, 6.07) is 6.10. The second-order valence-corrected chi connectivity index (χ2v) is 6.04. The summed E-state index contributed by atoms with van der Waals surface area (Å²) in [6.07, 6.45) is 0.478. The van der Waals surface area contributed by atoms with Gasteiger partial charge in [0.15, 0.2) is 0 Å². The van der Waals surface area contributed by atoms with Crippen LogP contribution in [0.4, 0.5) is 0 Å². The molecular formula is C16H26N2O2. The van der Waals surface area contributed by atoms with Crippen LogP contribution in [0.3, 0.4) is 0 Å². The number of carbonyl (C=O) groups is 1. The van der Waals surface area contributed by atoms with Crippen LogP contribution in [0.15, 0.2) is 18.2 Å². The van der Waals surface area contributed by atoms with Crippen molar-refractivity contribution >= 4 is 5.91 Å². The third-order valence-corrected chi connectivity index (χ3v) is 2.79. The van der Waals surface area contributed by atoms with E-state index in [2.05, 4.69) is 23.6 Å². The summed E-state index contributed by atoms with van der Waals surface area (Å²) in [6.45, 7) is 9.36. The molecule has 4 heteroatoms. The predicted molar refractivity (Wildman–Crippen MR) is 82.0 cm³/mol. The Labute approximate surface area is 121 Å².